The van der Waals surface area contributed by atoms with E-state index in [-0.39, 0.29) is 17.9 Å². The molecule has 6 heteroatoms. The lowest BCUT2D eigenvalue weighted by molar-refractivity contribution is -0.133. The molecule has 0 radical (unpaired) electrons. The number of likely N-dealkylation sites (tertiary alicyclic amines) is 1. The Balaban J connectivity index is 1.68. The molecule has 2 aromatic rings. The second kappa shape index (κ2) is 7.70. The molecule has 25 heavy (non-hydrogen) atoms. The molecule has 1 N–H and O–H groups in total. The molecule has 2 atom stereocenters. The molecular weight excluding hydrogens is 336 g/mol. The number of hydrogen-bond donors (Lipinski definition) is 1. The molecule has 1 aromatic carbocycles. The molecule has 0 spiro atoms. The largest absolute Gasteiger partial charge is 0.497 e. The van der Waals surface area contributed by atoms with E-state index in [0.29, 0.717) is 4.88 Å². The fraction of sp³-hybridized carbons (Fsp3) is 0.368. The molecule has 1 aromatic heterocycles. The molecule has 1 saturated heterocycles. The smallest absolute Gasteiger partial charge is 0.261 e. The number of methoxy groups -OCH3 is 1. The summed E-state index contributed by atoms with van der Waals surface area (Å²) in [5, 5.41) is 4.66. The van der Waals surface area contributed by atoms with E-state index >= 15 is 0 Å². The zero-order valence-electron chi connectivity index (χ0n) is 14.4. The van der Waals surface area contributed by atoms with Crippen LogP contribution in [0.15, 0.2) is 41.8 Å². The van der Waals surface area contributed by atoms with Gasteiger partial charge in [-0.05, 0) is 48.9 Å². The summed E-state index contributed by atoms with van der Waals surface area (Å²) in [6.07, 6.45) is 1.90. The number of ether oxygens (including phenoxy) is 1. The highest BCUT2D eigenvalue weighted by molar-refractivity contribution is 7.12. The Hall–Kier alpha value is -2.34. The molecule has 2 heterocycles. The average Bonchev–Trinajstić information content (AvgIpc) is 3.32. The monoisotopic (exact) mass is 358 g/mol. The summed E-state index contributed by atoms with van der Waals surface area (Å²) in [7, 11) is 1.64. The number of nitrogens with one attached hydrogen (secondary N) is 1. The molecule has 1 aliphatic rings. The van der Waals surface area contributed by atoms with Crippen molar-refractivity contribution in [2.75, 3.05) is 13.7 Å². The van der Waals surface area contributed by atoms with Gasteiger partial charge in [0, 0.05) is 6.54 Å². The van der Waals surface area contributed by atoms with E-state index < -0.39 is 6.04 Å². The number of nitrogens with zero attached hydrogens (tertiary/aromatic N) is 1. The van der Waals surface area contributed by atoms with Crippen molar-refractivity contribution in [2.45, 2.75) is 31.8 Å². The van der Waals surface area contributed by atoms with E-state index in [1.54, 1.807) is 20.1 Å². The first kappa shape index (κ1) is 17.5. The van der Waals surface area contributed by atoms with Gasteiger partial charge in [-0.1, -0.05) is 18.2 Å². The summed E-state index contributed by atoms with van der Waals surface area (Å²) < 4.78 is 5.20. The number of carbonyl (C=O) groups is 2. The minimum atomic E-state index is -0.548. The molecule has 0 saturated carbocycles. The lowest BCUT2D eigenvalue weighted by atomic mass is 10.0. The van der Waals surface area contributed by atoms with E-state index in [9.17, 15) is 9.59 Å². The third-order valence-electron chi connectivity index (χ3n) is 4.50. The van der Waals surface area contributed by atoms with Crippen LogP contribution in [-0.4, -0.2) is 36.4 Å². The van der Waals surface area contributed by atoms with Gasteiger partial charge in [0.25, 0.3) is 5.91 Å². The highest BCUT2D eigenvalue weighted by Crippen LogP contribution is 2.33. The Labute approximate surface area is 151 Å². The predicted molar refractivity (Wildman–Crippen MR) is 97.9 cm³/mol. The molecular formula is C19H22N2O3S. The van der Waals surface area contributed by atoms with Crippen LogP contribution in [0.5, 0.6) is 5.75 Å². The Bertz CT molecular complexity index is 728. The molecule has 1 fully saturated rings. The zero-order chi connectivity index (χ0) is 17.8. The quantitative estimate of drug-likeness (QED) is 0.893. The number of rotatable bonds is 5. The number of benzene rings is 1. The Kier molecular flexibility index (Phi) is 5.38. The second-order valence-electron chi connectivity index (χ2n) is 6.14. The maximum atomic E-state index is 12.8. The third kappa shape index (κ3) is 3.85. The number of hydrogen-bond acceptors (Lipinski definition) is 4. The van der Waals surface area contributed by atoms with Crippen molar-refractivity contribution >= 4 is 23.2 Å². The van der Waals surface area contributed by atoms with Gasteiger partial charge >= 0.3 is 0 Å². The molecule has 2 unspecified atom stereocenters. The summed E-state index contributed by atoms with van der Waals surface area (Å²) in [6, 6.07) is 10.9. The van der Waals surface area contributed by atoms with Crippen molar-refractivity contribution < 1.29 is 14.3 Å². The van der Waals surface area contributed by atoms with Crippen LogP contribution in [0, 0.1) is 0 Å². The van der Waals surface area contributed by atoms with Crippen molar-refractivity contribution in [3.8, 4) is 5.75 Å². The van der Waals surface area contributed by atoms with Crippen molar-refractivity contribution in [1.29, 1.82) is 0 Å². The van der Waals surface area contributed by atoms with Crippen LogP contribution in [0.1, 0.15) is 41.0 Å². The van der Waals surface area contributed by atoms with Crippen molar-refractivity contribution in [3.05, 3.63) is 52.2 Å². The zero-order valence-corrected chi connectivity index (χ0v) is 15.2. The van der Waals surface area contributed by atoms with Gasteiger partial charge in [-0.25, -0.2) is 0 Å². The lowest BCUT2D eigenvalue weighted by Crippen LogP contribution is -2.46. The van der Waals surface area contributed by atoms with Gasteiger partial charge in [0.15, 0.2) is 0 Å². The number of amides is 2. The van der Waals surface area contributed by atoms with Crippen LogP contribution in [0.25, 0.3) is 0 Å². The van der Waals surface area contributed by atoms with Gasteiger partial charge < -0.3 is 15.0 Å². The van der Waals surface area contributed by atoms with Crippen molar-refractivity contribution in [2.24, 2.45) is 0 Å². The van der Waals surface area contributed by atoms with Crippen LogP contribution in [-0.2, 0) is 4.79 Å². The molecule has 3 rings (SSSR count). The van der Waals surface area contributed by atoms with Gasteiger partial charge in [0.05, 0.1) is 18.0 Å². The SMILES string of the molecule is COc1ccc(C2CCCN2C(=O)C(C)NC(=O)c2cccs2)cc1. The van der Waals surface area contributed by atoms with Gasteiger partial charge in [-0.15, -0.1) is 11.3 Å². The standard InChI is InChI=1S/C19H22N2O3S/c1-13(20-18(22)17-6-4-12-25-17)19(23)21-11-3-5-16(21)14-7-9-15(24-2)10-8-14/h4,6-10,12-13,16H,3,5,11H2,1-2H3,(H,20,22). The van der Waals surface area contributed by atoms with Gasteiger partial charge in [-0.3, -0.25) is 9.59 Å². The minimum absolute atomic E-state index is 0.0387. The summed E-state index contributed by atoms with van der Waals surface area (Å²) in [5.41, 5.74) is 1.10. The fourth-order valence-electron chi connectivity index (χ4n) is 3.19. The third-order valence-corrected chi connectivity index (χ3v) is 5.37. The Morgan fingerprint density at radius 2 is 2.04 bits per heavy atom. The molecule has 1 aliphatic heterocycles. The Morgan fingerprint density at radius 3 is 2.68 bits per heavy atom. The van der Waals surface area contributed by atoms with Crippen LogP contribution in [0.4, 0.5) is 0 Å². The van der Waals surface area contributed by atoms with Gasteiger partial charge in [0.1, 0.15) is 11.8 Å². The van der Waals surface area contributed by atoms with Crippen molar-refractivity contribution in [3.63, 3.8) is 0 Å². The van der Waals surface area contributed by atoms with Gasteiger partial charge in [0.2, 0.25) is 5.91 Å². The topological polar surface area (TPSA) is 58.6 Å². The van der Waals surface area contributed by atoms with E-state index in [1.807, 2.05) is 40.6 Å². The fourth-order valence-corrected chi connectivity index (χ4v) is 3.82. The summed E-state index contributed by atoms with van der Waals surface area (Å²) >= 11 is 1.37. The summed E-state index contributed by atoms with van der Waals surface area (Å²) in [6.45, 7) is 2.46. The number of thiophene rings is 1. The summed E-state index contributed by atoms with van der Waals surface area (Å²) in [4.78, 5) is 27.5. The normalized spacial score (nSPS) is 18.0. The highest BCUT2D eigenvalue weighted by Gasteiger charge is 2.33. The average molecular weight is 358 g/mol. The highest BCUT2D eigenvalue weighted by atomic mass is 32.1. The first-order chi connectivity index (χ1) is 12.1. The van der Waals surface area contributed by atoms with E-state index in [4.69, 9.17) is 4.74 Å². The molecule has 5 nitrogen and oxygen atoms in total. The summed E-state index contributed by atoms with van der Waals surface area (Å²) in [5.74, 6) is 0.565. The first-order valence-electron chi connectivity index (χ1n) is 8.39. The maximum Gasteiger partial charge on any atom is 0.261 e. The minimum Gasteiger partial charge on any atom is -0.497 e. The van der Waals surface area contributed by atoms with Crippen LogP contribution >= 0.6 is 11.3 Å². The van der Waals surface area contributed by atoms with Crippen LogP contribution in [0.2, 0.25) is 0 Å². The van der Waals surface area contributed by atoms with E-state index in [2.05, 4.69) is 5.32 Å². The number of carbonyl (C=O) groups excluding carboxylic acids is 2. The van der Waals surface area contributed by atoms with Crippen LogP contribution < -0.4 is 10.1 Å². The first-order valence-corrected chi connectivity index (χ1v) is 9.27. The Morgan fingerprint density at radius 1 is 1.28 bits per heavy atom. The van der Waals surface area contributed by atoms with Crippen molar-refractivity contribution in [1.82, 2.24) is 10.2 Å². The van der Waals surface area contributed by atoms with Gasteiger partial charge in [-0.2, -0.15) is 0 Å². The lowest BCUT2D eigenvalue weighted by Gasteiger charge is -2.28. The predicted octanol–water partition coefficient (Wildman–Crippen LogP) is 3.24. The maximum absolute atomic E-state index is 12.8. The molecule has 2 amide bonds. The van der Waals surface area contributed by atoms with E-state index in [1.165, 1.54) is 11.3 Å². The van der Waals surface area contributed by atoms with E-state index in [0.717, 1.165) is 30.7 Å². The molecule has 132 valence electrons. The van der Waals surface area contributed by atoms with Crippen LogP contribution in [0.3, 0.4) is 0 Å². The molecule has 0 bridgehead atoms. The molecule has 0 aliphatic carbocycles. The second-order valence-corrected chi connectivity index (χ2v) is 7.08.